The van der Waals surface area contributed by atoms with Crippen LogP contribution in [-0.4, -0.2) is 69.9 Å². The van der Waals surface area contributed by atoms with Gasteiger partial charge < -0.3 is 43.3 Å². The molecule has 0 aromatic heterocycles. The monoisotopic (exact) mass is 782 g/mol. The first-order valence-corrected chi connectivity index (χ1v) is 17.9. The van der Waals surface area contributed by atoms with Crippen molar-refractivity contribution >= 4 is 11.4 Å². The molecule has 3 fully saturated rings. The van der Waals surface area contributed by atoms with Crippen molar-refractivity contribution in [2.45, 2.75) is 63.1 Å². The van der Waals surface area contributed by atoms with Gasteiger partial charge >= 0.3 is 31.6 Å². The van der Waals surface area contributed by atoms with Crippen LogP contribution in [0.2, 0.25) is 0 Å². The minimum absolute atomic E-state index is 0. The fourth-order valence-electron chi connectivity index (χ4n) is 6.14. The Morgan fingerprint density at radius 2 is 0.929 bits per heavy atom. The van der Waals surface area contributed by atoms with Crippen molar-refractivity contribution in [3.8, 4) is 34.5 Å². The Balaban J connectivity index is 0.000000214. The van der Waals surface area contributed by atoms with Crippen LogP contribution in [0, 0.1) is 0 Å². The number of hydrogen-bond acceptors (Lipinski definition) is 9. The predicted octanol–water partition coefficient (Wildman–Crippen LogP) is 5.51. The molecule has 7 rings (SSSR count). The molecule has 3 aliphatic heterocycles. The topological polar surface area (TPSA) is 88.2 Å². The smallest absolute Gasteiger partial charge is 0.872 e. The van der Waals surface area contributed by atoms with Crippen molar-refractivity contribution in [2.75, 3.05) is 49.2 Å². The molecule has 0 radical (unpaired) electrons. The Bertz CT molecular complexity index is 1780. The van der Waals surface area contributed by atoms with Crippen LogP contribution in [0.3, 0.4) is 0 Å². The van der Waals surface area contributed by atoms with Gasteiger partial charge in [-0.1, -0.05) is 12.1 Å². The standard InChI is InChI=1S/C22H24F3NO4.C18H18F3NO3.Li/c1-21(15-28-21)14-27-17-4-2-16(3-5-17)26-12-10-19(11-13-26)29-18-6-8-20(9-7-18)30-22(23,24)25;19-18(20,21)25-17-7-5-15(6-8-17)24-16-9-11-22(12-10-16)13-1-3-14(23)4-2-13;/h2-9,19H,10-15H2,1H3;1-8,16,23H,9-12H2;/q;;+1/p-1/t21-;;/m0../s1. The van der Waals surface area contributed by atoms with Crippen LogP contribution in [0.15, 0.2) is 97.1 Å². The molecule has 3 aliphatic rings. The van der Waals surface area contributed by atoms with Crippen LogP contribution in [-0.2, 0) is 4.74 Å². The van der Waals surface area contributed by atoms with Crippen LogP contribution in [0.1, 0.15) is 32.6 Å². The zero-order valence-electron chi connectivity index (χ0n) is 31.0. The number of halogens is 6. The van der Waals surface area contributed by atoms with E-state index in [1.54, 1.807) is 12.1 Å². The molecular weight excluding hydrogens is 741 g/mol. The zero-order chi connectivity index (χ0) is 39.1. The number of benzene rings is 4. The normalized spacial score (nSPS) is 18.8. The summed E-state index contributed by atoms with van der Waals surface area (Å²) in [6.07, 6.45) is -6.12. The van der Waals surface area contributed by atoms with Gasteiger partial charge in [-0.05, 0) is 91.9 Å². The Hall–Kier alpha value is -4.58. The Morgan fingerprint density at radius 1 is 0.589 bits per heavy atom. The van der Waals surface area contributed by atoms with E-state index in [9.17, 15) is 31.4 Å². The minimum atomic E-state index is -4.69. The zero-order valence-corrected chi connectivity index (χ0v) is 31.0. The molecule has 0 bridgehead atoms. The van der Waals surface area contributed by atoms with Crippen molar-refractivity contribution in [3.63, 3.8) is 0 Å². The molecule has 16 heteroatoms. The minimum Gasteiger partial charge on any atom is -0.872 e. The van der Waals surface area contributed by atoms with Gasteiger partial charge in [0, 0.05) is 63.2 Å². The molecule has 4 aromatic carbocycles. The number of epoxide rings is 1. The summed E-state index contributed by atoms with van der Waals surface area (Å²) < 4.78 is 104. The first-order valence-electron chi connectivity index (χ1n) is 17.9. The van der Waals surface area contributed by atoms with Gasteiger partial charge in [0.1, 0.15) is 53.2 Å². The number of alkyl halides is 6. The molecular formula is C40H41F6LiN2O7. The average molecular weight is 783 g/mol. The van der Waals surface area contributed by atoms with Gasteiger partial charge in [-0.15, -0.1) is 32.1 Å². The van der Waals surface area contributed by atoms with E-state index in [4.69, 9.17) is 18.9 Å². The van der Waals surface area contributed by atoms with E-state index < -0.39 is 12.7 Å². The largest absolute Gasteiger partial charge is 1.00 e. The van der Waals surface area contributed by atoms with Gasteiger partial charge in [-0.2, -0.15) is 0 Å². The van der Waals surface area contributed by atoms with Crippen LogP contribution in [0.4, 0.5) is 37.7 Å². The van der Waals surface area contributed by atoms with E-state index in [1.165, 1.54) is 48.5 Å². The van der Waals surface area contributed by atoms with Crippen molar-refractivity contribution < 1.29 is 78.7 Å². The maximum absolute atomic E-state index is 12.2. The van der Waals surface area contributed by atoms with Crippen LogP contribution in [0.25, 0.3) is 0 Å². The van der Waals surface area contributed by atoms with E-state index in [1.807, 2.05) is 43.3 Å². The SMILES string of the molecule is C[C@]1(COc2ccc(N3CCC(Oc4ccc(OC(F)(F)F)cc4)CC3)cc2)CO1.[Li+].[O-]c1ccc(N2CCC(Oc3ccc(OC(F)(F)F)cc3)CC2)cc1. The molecule has 0 amide bonds. The third-order valence-corrected chi connectivity index (χ3v) is 9.19. The quantitative estimate of drug-likeness (QED) is 0.111. The third-order valence-electron chi connectivity index (χ3n) is 9.19. The number of nitrogens with zero attached hydrogens (tertiary/aromatic N) is 2. The molecule has 1 atom stereocenters. The van der Waals surface area contributed by atoms with E-state index in [0.29, 0.717) is 18.1 Å². The molecule has 0 saturated carbocycles. The second-order valence-corrected chi connectivity index (χ2v) is 13.7. The van der Waals surface area contributed by atoms with Gasteiger partial charge in [0.15, 0.2) is 0 Å². The summed E-state index contributed by atoms with van der Waals surface area (Å²) >= 11 is 0. The molecule has 56 heavy (non-hydrogen) atoms. The van der Waals surface area contributed by atoms with E-state index in [0.717, 1.165) is 75.6 Å². The molecule has 0 aliphatic carbocycles. The summed E-state index contributed by atoms with van der Waals surface area (Å²) in [5.74, 6) is 1.35. The second-order valence-electron chi connectivity index (χ2n) is 13.7. The second kappa shape index (κ2) is 18.6. The number of ether oxygens (including phenoxy) is 6. The number of anilines is 2. The average Bonchev–Trinajstić information content (AvgIpc) is 3.90. The predicted molar refractivity (Wildman–Crippen MR) is 190 cm³/mol. The number of piperidine rings is 2. The van der Waals surface area contributed by atoms with Crippen LogP contribution < -0.4 is 57.5 Å². The summed E-state index contributed by atoms with van der Waals surface area (Å²) in [7, 11) is 0. The number of rotatable bonds is 11. The van der Waals surface area contributed by atoms with Crippen molar-refractivity contribution in [2.24, 2.45) is 0 Å². The van der Waals surface area contributed by atoms with Crippen molar-refractivity contribution in [1.29, 1.82) is 0 Å². The maximum atomic E-state index is 12.2. The first kappa shape index (κ1) is 42.6. The van der Waals surface area contributed by atoms with Crippen LogP contribution >= 0.6 is 0 Å². The summed E-state index contributed by atoms with van der Waals surface area (Å²) in [4.78, 5) is 4.47. The van der Waals surface area contributed by atoms with Gasteiger partial charge in [-0.3, -0.25) is 0 Å². The molecule has 4 aromatic rings. The van der Waals surface area contributed by atoms with Gasteiger partial charge in [-0.25, -0.2) is 0 Å². The fraction of sp³-hybridized carbons (Fsp3) is 0.400. The Kier molecular flexibility index (Phi) is 14.1. The molecule has 3 saturated heterocycles. The fourth-order valence-corrected chi connectivity index (χ4v) is 6.14. The molecule has 9 nitrogen and oxygen atoms in total. The van der Waals surface area contributed by atoms with Crippen molar-refractivity contribution in [3.05, 3.63) is 97.1 Å². The number of hydrogen-bond donors (Lipinski definition) is 0. The summed E-state index contributed by atoms with van der Waals surface area (Å²) in [5, 5.41) is 11.2. The Morgan fingerprint density at radius 3 is 1.29 bits per heavy atom. The van der Waals surface area contributed by atoms with Gasteiger partial charge in [0.25, 0.3) is 0 Å². The molecule has 0 N–H and O–H groups in total. The summed E-state index contributed by atoms with van der Waals surface area (Å²) in [6.45, 7) is 6.58. The van der Waals surface area contributed by atoms with E-state index >= 15 is 0 Å². The first-order chi connectivity index (χ1) is 26.2. The summed E-state index contributed by atoms with van der Waals surface area (Å²) in [6, 6.07) is 25.7. The van der Waals surface area contributed by atoms with Crippen molar-refractivity contribution in [1.82, 2.24) is 0 Å². The molecule has 296 valence electrons. The molecule has 0 spiro atoms. The summed E-state index contributed by atoms with van der Waals surface area (Å²) in [5.41, 5.74) is 2.00. The van der Waals surface area contributed by atoms with Gasteiger partial charge in [0.05, 0.1) is 6.61 Å². The maximum Gasteiger partial charge on any atom is 1.00 e. The Labute approximate surface area is 333 Å². The van der Waals surface area contributed by atoms with Gasteiger partial charge in [0.2, 0.25) is 0 Å². The molecule has 3 heterocycles. The van der Waals surface area contributed by atoms with Crippen LogP contribution in [0.5, 0.6) is 34.5 Å². The van der Waals surface area contributed by atoms with E-state index in [-0.39, 0.29) is 53.9 Å². The molecule has 0 unspecified atom stereocenters. The third kappa shape index (κ3) is 13.6. The van der Waals surface area contributed by atoms with E-state index in [2.05, 4.69) is 19.3 Å².